The third-order valence-corrected chi connectivity index (χ3v) is 6.53. The standard InChI is InChI=1S/C32H39F2N3O4/c1-3-16-37(17-4-2)31(40)26-14-9-13-25(20-26)30(39)36-28(19-23-10-6-5-7-11-23)29(38)22-35-21-24-12-8-15-27(18-24)41-32(33)34/h5-15,18,20,28-29,32,35,38H,3-4,16-17,19,21-22H2,1-2H3,(H,36,39)/t28-,29+/m0/s1. The highest BCUT2D eigenvalue weighted by molar-refractivity contribution is 5.99. The molecule has 3 N–H and O–H groups in total. The quantitative estimate of drug-likeness (QED) is 0.226. The molecule has 0 saturated carbocycles. The van der Waals surface area contributed by atoms with Crippen molar-refractivity contribution < 1.29 is 28.2 Å². The van der Waals surface area contributed by atoms with Crippen molar-refractivity contribution in [2.24, 2.45) is 0 Å². The molecule has 3 aromatic carbocycles. The number of nitrogens with one attached hydrogen (secondary N) is 2. The van der Waals surface area contributed by atoms with Gasteiger partial charge in [-0.15, -0.1) is 0 Å². The van der Waals surface area contributed by atoms with E-state index in [-0.39, 0.29) is 18.2 Å². The molecule has 7 nitrogen and oxygen atoms in total. The van der Waals surface area contributed by atoms with Gasteiger partial charge in [-0.25, -0.2) is 0 Å². The van der Waals surface area contributed by atoms with Crippen molar-refractivity contribution in [1.82, 2.24) is 15.5 Å². The molecule has 0 aromatic heterocycles. The molecule has 2 amide bonds. The Labute approximate surface area is 240 Å². The fourth-order valence-electron chi connectivity index (χ4n) is 4.57. The second kappa shape index (κ2) is 16.4. The largest absolute Gasteiger partial charge is 0.435 e. The minimum atomic E-state index is -2.91. The minimum absolute atomic E-state index is 0.0577. The van der Waals surface area contributed by atoms with Crippen LogP contribution in [0.2, 0.25) is 0 Å². The lowest BCUT2D eigenvalue weighted by molar-refractivity contribution is -0.0498. The molecule has 0 radical (unpaired) electrons. The van der Waals surface area contributed by atoms with E-state index in [4.69, 9.17) is 0 Å². The van der Waals surface area contributed by atoms with Crippen LogP contribution in [0.3, 0.4) is 0 Å². The molecule has 0 heterocycles. The number of hydrogen-bond donors (Lipinski definition) is 3. The highest BCUT2D eigenvalue weighted by atomic mass is 19.3. The van der Waals surface area contributed by atoms with Crippen molar-refractivity contribution in [1.29, 1.82) is 0 Å². The molecule has 0 fully saturated rings. The minimum Gasteiger partial charge on any atom is -0.435 e. The van der Waals surface area contributed by atoms with Crippen LogP contribution < -0.4 is 15.4 Å². The highest BCUT2D eigenvalue weighted by Crippen LogP contribution is 2.16. The fraction of sp³-hybridized carbons (Fsp3) is 0.375. The first-order valence-corrected chi connectivity index (χ1v) is 14.0. The Morgan fingerprint density at radius 2 is 1.54 bits per heavy atom. The van der Waals surface area contributed by atoms with Gasteiger partial charge in [-0.2, -0.15) is 8.78 Å². The van der Waals surface area contributed by atoms with Crippen LogP contribution in [0.15, 0.2) is 78.9 Å². The third kappa shape index (κ3) is 10.3. The normalized spacial score (nSPS) is 12.5. The number of aliphatic hydroxyl groups is 1. The first-order valence-electron chi connectivity index (χ1n) is 14.0. The molecule has 41 heavy (non-hydrogen) atoms. The van der Waals surface area contributed by atoms with Crippen LogP contribution in [0.4, 0.5) is 8.78 Å². The fourth-order valence-corrected chi connectivity index (χ4v) is 4.57. The third-order valence-electron chi connectivity index (χ3n) is 6.53. The van der Waals surface area contributed by atoms with Crippen molar-refractivity contribution in [3.63, 3.8) is 0 Å². The number of aliphatic hydroxyl groups excluding tert-OH is 1. The Bertz CT molecular complexity index is 1240. The number of nitrogens with zero attached hydrogens (tertiary/aromatic N) is 1. The molecule has 0 spiro atoms. The number of benzene rings is 3. The summed E-state index contributed by atoms with van der Waals surface area (Å²) in [5.74, 6) is -0.451. The van der Waals surface area contributed by atoms with Gasteiger partial charge in [0, 0.05) is 37.3 Å². The summed E-state index contributed by atoms with van der Waals surface area (Å²) >= 11 is 0. The average molecular weight is 568 g/mol. The topological polar surface area (TPSA) is 90.9 Å². The molecule has 0 unspecified atom stereocenters. The van der Waals surface area contributed by atoms with Gasteiger partial charge in [-0.3, -0.25) is 9.59 Å². The smallest absolute Gasteiger partial charge is 0.387 e. The summed E-state index contributed by atoms with van der Waals surface area (Å²) in [4.78, 5) is 28.2. The molecule has 3 aromatic rings. The van der Waals surface area contributed by atoms with Crippen molar-refractivity contribution in [2.45, 2.75) is 58.4 Å². The molecule has 2 atom stereocenters. The van der Waals surface area contributed by atoms with E-state index in [1.165, 1.54) is 12.1 Å². The SMILES string of the molecule is CCCN(CCC)C(=O)c1cccc(C(=O)N[C@@H](Cc2ccccc2)[C@H](O)CNCc2cccc(OC(F)F)c2)c1. The lowest BCUT2D eigenvalue weighted by Gasteiger charge is -2.25. The second-order valence-corrected chi connectivity index (χ2v) is 9.87. The van der Waals surface area contributed by atoms with Crippen LogP contribution in [0.1, 0.15) is 58.5 Å². The lowest BCUT2D eigenvalue weighted by atomic mass is 10.00. The first-order chi connectivity index (χ1) is 19.8. The van der Waals surface area contributed by atoms with E-state index in [1.807, 2.05) is 44.2 Å². The molecule has 0 aliphatic heterocycles. The number of alkyl halides is 2. The average Bonchev–Trinajstić information content (AvgIpc) is 2.96. The van der Waals surface area contributed by atoms with Crippen LogP contribution >= 0.6 is 0 Å². The first kappa shape index (κ1) is 31.7. The number of amides is 2. The van der Waals surface area contributed by atoms with Crippen LogP contribution in [0.5, 0.6) is 5.75 Å². The molecule has 0 bridgehead atoms. The van der Waals surface area contributed by atoms with E-state index in [9.17, 15) is 23.5 Å². The Morgan fingerprint density at radius 1 is 0.878 bits per heavy atom. The molecule has 220 valence electrons. The maximum atomic E-state index is 13.3. The number of hydrogen-bond acceptors (Lipinski definition) is 5. The number of halogens is 2. The van der Waals surface area contributed by atoms with Crippen molar-refractivity contribution in [2.75, 3.05) is 19.6 Å². The van der Waals surface area contributed by atoms with E-state index in [0.29, 0.717) is 42.7 Å². The van der Waals surface area contributed by atoms with Crippen molar-refractivity contribution in [3.8, 4) is 5.75 Å². The van der Waals surface area contributed by atoms with E-state index in [1.54, 1.807) is 41.3 Å². The second-order valence-electron chi connectivity index (χ2n) is 9.87. The Hall–Kier alpha value is -3.82. The van der Waals surface area contributed by atoms with E-state index < -0.39 is 24.7 Å². The number of ether oxygens (including phenoxy) is 1. The van der Waals surface area contributed by atoms with E-state index in [0.717, 1.165) is 18.4 Å². The lowest BCUT2D eigenvalue weighted by Crippen LogP contribution is -2.48. The predicted octanol–water partition coefficient (Wildman–Crippen LogP) is 5.04. The summed E-state index contributed by atoms with van der Waals surface area (Å²) in [6.45, 7) is 2.86. The van der Waals surface area contributed by atoms with Gasteiger partial charge in [-0.05, 0) is 60.7 Å². The van der Waals surface area contributed by atoms with Gasteiger partial charge >= 0.3 is 6.61 Å². The summed E-state index contributed by atoms with van der Waals surface area (Å²) in [6, 6.07) is 21.8. The molecule has 3 rings (SSSR count). The van der Waals surface area contributed by atoms with Gasteiger partial charge in [0.2, 0.25) is 0 Å². The molecule has 0 aliphatic rings. The summed E-state index contributed by atoms with van der Waals surface area (Å²) in [5.41, 5.74) is 2.42. The summed E-state index contributed by atoms with van der Waals surface area (Å²) in [5, 5.41) is 17.2. The zero-order valence-corrected chi connectivity index (χ0v) is 23.6. The number of carbonyl (C=O) groups excluding carboxylic acids is 2. The molecule has 0 saturated heterocycles. The van der Waals surface area contributed by atoms with Gasteiger partial charge in [0.25, 0.3) is 11.8 Å². The van der Waals surface area contributed by atoms with Crippen molar-refractivity contribution >= 4 is 11.8 Å². The van der Waals surface area contributed by atoms with Crippen LogP contribution in [0.25, 0.3) is 0 Å². The molecular formula is C32H39F2N3O4. The van der Waals surface area contributed by atoms with Crippen LogP contribution in [0, 0.1) is 0 Å². The maximum Gasteiger partial charge on any atom is 0.387 e. The molecule has 0 aliphatic carbocycles. The molecular weight excluding hydrogens is 528 g/mol. The van der Waals surface area contributed by atoms with Gasteiger partial charge in [-0.1, -0.05) is 62.4 Å². The summed E-state index contributed by atoms with van der Waals surface area (Å²) in [7, 11) is 0. The predicted molar refractivity (Wildman–Crippen MR) is 155 cm³/mol. The maximum absolute atomic E-state index is 13.3. The Morgan fingerprint density at radius 3 is 2.22 bits per heavy atom. The highest BCUT2D eigenvalue weighted by Gasteiger charge is 2.23. The zero-order chi connectivity index (χ0) is 29.6. The van der Waals surface area contributed by atoms with E-state index >= 15 is 0 Å². The Kier molecular flexibility index (Phi) is 12.7. The molecule has 9 heteroatoms. The van der Waals surface area contributed by atoms with Gasteiger partial charge in [0.05, 0.1) is 12.1 Å². The Balaban J connectivity index is 1.70. The summed E-state index contributed by atoms with van der Waals surface area (Å²) < 4.78 is 29.5. The number of carbonyl (C=O) groups is 2. The van der Waals surface area contributed by atoms with Crippen molar-refractivity contribution in [3.05, 3.63) is 101 Å². The van der Waals surface area contributed by atoms with Gasteiger partial charge in [0.1, 0.15) is 5.75 Å². The van der Waals surface area contributed by atoms with Gasteiger partial charge in [0.15, 0.2) is 0 Å². The number of rotatable bonds is 16. The van der Waals surface area contributed by atoms with Gasteiger partial charge < -0.3 is 25.4 Å². The van der Waals surface area contributed by atoms with Crippen LogP contribution in [-0.2, 0) is 13.0 Å². The van der Waals surface area contributed by atoms with Crippen LogP contribution in [-0.4, -0.2) is 60.2 Å². The van der Waals surface area contributed by atoms with E-state index in [2.05, 4.69) is 15.4 Å². The monoisotopic (exact) mass is 567 g/mol. The zero-order valence-electron chi connectivity index (χ0n) is 23.6. The summed E-state index contributed by atoms with van der Waals surface area (Å²) in [6.07, 6.45) is 1.10.